The Hall–Kier alpha value is -1.99. The SMILES string of the molecule is CN1CCC(c2ccccc2)NCCC(c2ccccc2)[N]([Ti+2])CCC(c2ccccc2)N(C)CCC1c1ccccc1.[Cl-].[Cl-]. The third-order valence-electron chi connectivity index (χ3n) is 9.17. The molecule has 4 aromatic rings. The normalized spacial score (nSPS) is 23.4. The van der Waals surface area contributed by atoms with Crippen LogP contribution in [0.1, 0.15) is 72.1 Å². The third-order valence-corrected chi connectivity index (χ3v) is 10.0. The van der Waals surface area contributed by atoms with Gasteiger partial charge >= 0.3 is 273 Å². The van der Waals surface area contributed by atoms with Gasteiger partial charge in [-0.2, -0.15) is 0 Å². The van der Waals surface area contributed by atoms with Crippen LogP contribution in [0.5, 0.6) is 0 Å². The molecular weight excluding hydrogens is 631 g/mol. The van der Waals surface area contributed by atoms with E-state index in [0.29, 0.717) is 24.2 Å². The maximum Gasteiger partial charge on any atom is -1.00 e. The molecule has 7 heteroatoms. The van der Waals surface area contributed by atoms with E-state index >= 15 is 0 Å². The Balaban J connectivity index is 0.00000276. The molecule has 0 radical (unpaired) electrons. The number of nitrogens with one attached hydrogen (secondary N) is 1. The van der Waals surface area contributed by atoms with Crippen LogP contribution in [0.2, 0.25) is 0 Å². The average Bonchev–Trinajstić information content (AvgIpc) is 3.06. The van der Waals surface area contributed by atoms with Crippen LogP contribution in [0, 0.1) is 0 Å². The first-order valence-electron chi connectivity index (χ1n) is 15.9. The molecule has 4 unspecified atom stereocenters. The zero-order valence-corrected chi connectivity index (χ0v) is 29.7. The van der Waals surface area contributed by atoms with Crippen LogP contribution in [0.15, 0.2) is 121 Å². The largest absolute Gasteiger partial charge is 1.00 e. The fourth-order valence-electron chi connectivity index (χ4n) is 6.66. The Bertz CT molecular complexity index is 1330. The van der Waals surface area contributed by atoms with Gasteiger partial charge in [-0.3, -0.25) is 0 Å². The van der Waals surface area contributed by atoms with Crippen molar-refractivity contribution in [3.05, 3.63) is 144 Å². The molecule has 0 aromatic heterocycles. The van der Waals surface area contributed by atoms with E-state index < -0.39 is 0 Å². The van der Waals surface area contributed by atoms with Crippen LogP contribution in [-0.2, 0) is 20.7 Å². The van der Waals surface area contributed by atoms with Gasteiger partial charge in [0.05, 0.1) is 0 Å². The molecule has 1 fully saturated rings. The first-order chi connectivity index (χ1) is 21.1. The molecular formula is C38H47Cl2N4Ti. The molecule has 4 atom stereocenters. The second-order valence-electron chi connectivity index (χ2n) is 12.0. The van der Waals surface area contributed by atoms with Gasteiger partial charge in [-0.05, 0) is 0 Å². The van der Waals surface area contributed by atoms with Gasteiger partial charge in [0, 0.05) is 0 Å². The van der Waals surface area contributed by atoms with E-state index in [-0.39, 0.29) is 24.8 Å². The van der Waals surface area contributed by atoms with Crippen molar-refractivity contribution in [3.8, 4) is 0 Å². The van der Waals surface area contributed by atoms with E-state index in [1.165, 1.54) is 22.3 Å². The summed E-state index contributed by atoms with van der Waals surface area (Å²) in [6.45, 7) is 4.07. The molecule has 237 valence electrons. The minimum Gasteiger partial charge on any atom is -1.00 e. The summed E-state index contributed by atoms with van der Waals surface area (Å²) in [5.74, 6) is 0. The summed E-state index contributed by atoms with van der Waals surface area (Å²) in [5.41, 5.74) is 5.60. The van der Waals surface area contributed by atoms with Gasteiger partial charge in [0.15, 0.2) is 0 Å². The summed E-state index contributed by atoms with van der Waals surface area (Å²) in [4.78, 5) is 5.19. The van der Waals surface area contributed by atoms with E-state index in [0.717, 1.165) is 51.9 Å². The van der Waals surface area contributed by atoms with E-state index in [2.05, 4.69) is 175 Å². The summed E-state index contributed by atoms with van der Waals surface area (Å²) >= 11 is 2.32. The second kappa shape index (κ2) is 19.6. The average molecular weight is 679 g/mol. The van der Waals surface area contributed by atoms with Gasteiger partial charge in [0.1, 0.15) is 0 Å². The minimum atomic E-state index is 0. The van der Waals surface area contributed by atoms with Crippen LogP contribution in [0.4, 0.5) is 0 Å². The molecule has 1 aliphatic rings. The summed E-state index contributed by atoms with van der Waals surface area (Å²) in [7, 11) is 4.64. The van der Waals surface area contributed by atoms with E-state index in [1.807, 2.05) is 0 Å². The standard InChI is InChI=1S/C38H47N4.2ClH.Ti/c1-41-29-25-36(32-17-9-4-10-18-32)39-27-23-35(31-15-7-3-8-16-31)40-28-24-37(33-19-11-5-12-20-33)42(2)30-26-38(41)34-21-13-6-14-22-34;;;/h3-22,35-39H,23-30H2,1-2H3;2*1H;/q-1;;;+3/p-2. The smallest absolute Gasteiger partial charge is 1.00 e. The number of benzene rings is 4. The first kappa shape index (κ1) is 37.5. The maximum atomic E-state index is 3.99. The number of hydrogen-bond donors (Lipinski definition) is 1. The molecule has 0 aliphatic carbocycles. The maximum absolute atomic E-state index is 3.99. The predicted molar refractivity (Wildman–Crippen MR) is 175 cm³/mol. The summed E-state index contributed by atoms with van der Waals surface area (Å²) in [5, 5.41) is 3.99. The zero-order chi connectivity index (χ0) is 29.9. The Morgan fingerprint density at radius 2 is 0.867 bits per heavy atom. The van der Waals surface area contributed by atoms with Crippen molar-refractivity contribution in [2.24, 2.45) is 0 Å². The predicted octanol–water partition coefficient (Wildman–Crippen LogP) is 1.75. The van der Waals surface area contributed by atoms with E-state index in [9.17, 15) is 0 Å². The van der Waals surface area contributed by atoms with Gasteiger partial charge < -0.3 is 24.8 Å². The second-order valence-corrected chi connectivity index (χ2v) is 12.9. The van der Waals surface area contributed by atoms with Crippen molar-refractivity contribution in [2.75, 3.05) is 40.3 Å². The van der Waals surface area contributed by atoms with Crippen LogP contribution in [0.3, 0.4) is 0 Å². The topological polar surface area (TPSA) is 21.8 Å². The van der Waals surface area contributed by atoms with Crippen molar-refractivity contribution in [1.82, 2.24) is 18.5 Å². The zero-order valence-electron chi connectivity index (χ0n) is 26.6. The number of nitrogens with zero attached hydrogens (tertiary/aromatic N) is 3. The van der Waals surface area contributed by atoms with Gasteiger partial charge in [0.25, 0.3) is 0 Å². The van der Waals surface area contributed by atoms with Crippen molar-refractivity contribution < 1.29 is 45.5 Å². The number of rotatable bonds is 4. The molecule has 45 heavy (non-hydrogen) atoms. The summed E-state index contributed by atoms with van der Waals surface area (Å²) in [6.07, 6.45) is 4.31. The van der Waals surface area contributed by atoms with Crippen molar-refractivity contribution in [2.45, 2.75) is 49.9 Å². The Labute approximate surface area is 296 Å². The monoisotopic (exact) mass is 677 g/mol. The Morgan fingerprint density at radius 3 is 1.33 bits per heavy atom. The molecule has 0 spiro atoms. The van der Waals surface area contributed by atoms with Crippen LogP contribution < -0.4 is 30.1 Å². The third kappa shape index (κ3) is 10.8. The molecule has 0 bridgehead atoms. The molecule has 5 rings (SSSR count). The van der Waals surface area contributed by atoms with Crippen LogP contribution in [-0.4, -0.2) is 53.5 Å². The molecule has 0 saturated carbocycles. The Kier molecular flexibility index (Phi) is 16.3. The van der Waals surface area contributed by atoms with Crippen molar-refractivity contribution in [1.29, 1.82) is 0 Å². The van der Waals surface area contributed by atoms with E-state index in [4.69, 9.17) is 0 Å². The van der Waals surface area contributed by atoms with Gasteiger partial charge in [-0.25, -0.2) is 0 Å². The molecule has 1 N–H and O–H groups in total. The minimum absolute atomic E-state index is 0. The fourth-order valence-corrected chi connectivity index (χ4v) is 7.30. The fraction of sp³-hybridized carbons (Fsp3) is 0.368. The van der Waals surface area contributed by atoms with Crippen molar-refractivity contribution >= 4 is 0 Å². The van der Waals surface area contributed by atoms with Gasteiger partial charge in [-0.15, -0.1) is 0 Å². The van der Waals surface area contributed by atoms with Gasteiger partial charge in [-0.1, -0.05) is 0 Å². The number of hydrogen-bond acceptors (Lipinski definition) is 4. The van der Waals surface area contributed by atoms with Crippen LogP contribution in [0.25, 0.3) is 0 Å². The quantitative estimate of drug-likeness (QED) is 0.333. The van der Waals surface area contributed by atoms with Gasteiger partial charge in [0.2, 0.25) is 0 Å². The molecule has 1 heterocycles. The Morgan fingerprint density at radius 1 is 0.489 bits per heavy atom. The summed E-state index contributed by atoms with van der Waals surface area (Å²) < 4.78 is 2.59. The van der Waals surface area contributed by atoms with E-state index in [1.54, 1.807) is 0 Å². The molecule has 1 aliphatic heterocycles. The first-order valence-corrected chi connectivity index (χ1v) is 16.6. The molecule has 1 saturated heterocycles. The molecule has 4 nitrogen and oxygen atoms in total. The van der Waals surface area contributed by atoms with Crippen molar-refractivity contribution in [3.63, 3.8) is 0 Å². The molecule has 0 amide bonds. The molecule has 4 aromatic carbocycles. The summed E-state index contributed by atoms with van der Waals surface area (Å²) in [6, 6.07) is 45.8. The van der Waals surface area contributed by atoms with Crippen LogP contribution >= 0.6 is 0 Å². The number of halogens is 2.